The number of ether oxygens (including phenoxy) is 2. The van der Waals surface area contributed by atoms with Gasteiger partial charge in [-0.3, -0.25) is 4.98 Å². The Kier molecular flexibility index (Phi) is 2.63. The Balaban J connectivity index is 2.43. The van der Waals surface area contributed by atoms with Crippen LogP contribution < -0.4 is 4.74 Å². The van der Waals surface area contributed by atoms with Gasteiger partial charge < -0.3 is 14.6 Å². The molecule has 1 fully saturated rings. The quantitative estimate of drug-likeness (QED) is 0.792. The normalized spacial score (nSPS) is 30.5. The minimum absolute atomic E-state index is 0.249. The fourth-order valence-corrected chi connectivity index (χ4v) is 1.92. The number of pyridine rings is 1. The van der Waals surface area contributed by atoms with Crippen LogP contribution >= 0.6 is 0 Å². The van der Waals surface area contributed by atoms with Crippen molar-refractivity contribution in [2.45, 2.75) is 25.0 Å². The number of nitrogens with zero attached hydrogens (tertiary/aromatic N) is 1. The minimum atomic E-state index is -1.02. The van der Waals surface area contributed by atoms with Crippen molar-refractivity contribution in [1.82, 2.24) is 4.98 Å². The van der Waals surface area contributed by atoms with Gasteiger partial charge in [-0.05, 0) is 19.1 Å². The molecule has 2 atom stereocenters. The van der Waals surface area contributed by atoms with E-state index in [1.54, 1.807) is 25.4 Å². The van der Waals surface area contributed by atoms with Gasteiger partial charge in [0.2, 0.25) is 0 Å². The molecule has 0 saturated carbocycles. The molecule has 4 nitrogen and oxygen atoms in total. The first-order valence-electron chi connectivity index (χ1n) is 5.02. The van der Waals surface area contributed by atoms with Gasteiger partial charge in [0.25, 0.3) is 0 Å². The van der Waals surface area contributed by atoms with Crippen molar-refractivity contribution in [2.75, 3.05) is 13.7 Å². The van der Waals surface area contributed by atoms with E-state index in [0.29, 0.717) is 24.5 Å². The molecule has 4 heteroatoms. The molecular formula is C11H15NO3. The number of hydrogen-bond donors (Lipinski definition) is 1. The summed E-state index contributed by atoms with van der Waals surface area (Å²) in [6.45, 7) is 2.40. The maximum atomic E-state index is 10.5. The lowest BCUT2D eigenvalue weighted by Crippen LogP contribution is -2.34. The van der Waals surface area contributed by atoms with Crippen LogP contribution in [-0.2, 0) is 10.3 Å². The first-order valence-corrected chi connectivity index (χ1v) is 5.02. The first-order chi connectivity index (χ1) is 7.18. The molecule has 1 saturated heterocycles. The Labute approximate surface area is 88.9 Å². The molecule has 0 amide bonds. The third-order valence-corrected chi connectivity index (χ3v) is 2.92. The van der Waals surface area contributed by atoms with Crippen LogP contribution in [-0.4, -0.2) is 29.9 Å². The molecule has 0 radical (unpaired) electrons. The molecule has 2 unspecified atom stereocenters. The average molecular weight is 209 g/mol. The van der Waals surface area contributed by atoms with Gasteiger partial charge in [0.1, 0.15) is 17.0 Å². The summed E-state index contributed by atoms with van der Waals surface area (Å²) in [5.41, 5.74) is -0.454. The summed E-state index contributed by atoms with van der Waals surface area (Å²) in [7, 11) is 1.57. The standard InChI is InChI=1S/C11H15NO3/c1-8-11(13,5-7-15-8)10-9(14-2)4-3-6-12-10/h3-4,6,8,13H,5,7H2,1-2H3. The number of rotatable bonds is 2. The zero-order valence-electron chi connectivity index (χ0n) is 8.93. The predicted octanol–water partition coefficient (Wildman–Crippen LogP) is 1.09. The Morgan fingerprint density at radius 1 is 1.67 bits per heavy atom. The molecule has 1 aliphatic heterocycles. The summed E-state index contributed by atoms with van der Waals surface area (Å²) in [5.74, 6) is 0.609. The second kappa shape index (κ2) is 3.79. The Morgan fingerprint density at radius 3 is 3.07 bits per heavy atom. The van der Waals surface area contributed by atoms with Crippen LogP contribution in [0.1, 0.15) is 19.0 Å². The van der Waals surface area contributed by atoms with E-state index in [9.17, 15) is 5.11 Å². The van der Waals surface area contributed by atoms with Crippen molar-refractivity contribution < 1.29 is 14.6 Å². The molecule has 2 rings (SSSR count). The van der Waals surface area contributed by atoms with E-state index in [1.807, 2.05) is 6.92 Å². The average Bonchev–Trinajstić information content (AvgIpc) is 2.60. The molecule has 2 heterocycles. The van der Waals surface area contributed by atoms with Crippen molar-refractivity contribution in [3.05, 3.63) is 24.0 Å². The number of aliphatic hydroxyl groups is 1. The molecule has 0 spiro atoms. The molecule has 1 N–H and O–H groups in total. The summed E-state index contributed by atoms with van der Waals surface area (Å²) < 4.78 is 10.6. The lowest BCUT2D eigenvalue weighted by atomic mass is 9.91. The Hall–Kier alpha value is -1.13. The van der Waals surface area contributed by atoms with Crippen LogP contribution in [0.25, 0.3) is 0 Å². The molecule has 15 heavy (non-hydrogen) atoms. The molecule has 1 aliphatic rings. The summed E-state index contributed by atoms with van der Waals surface area (Å²) >= 11 is 0. The molecule has 0 aliphatic carbocycles. The van der Waals surface area contributed by atoms with E-state index in [1.165, 1.54) is 0 Å². The Bertz CT molecular complexity index is 355. The summed E-state index contributed by atoms with van der Waals surface area (Å²) in [4.78, 5) is 4.20. The zero-order valence-corrected chi connectivity index (χ0v) is 8.93. The first kappa shape index (κ1) is 10.4. The highest BCUT2D eigenvalue weighted by molar-refractivity contribution is 5.33. The molecule has 1 aromatic heterocycles. The van der Waals surface area contributed by atoms with Gasteiger partial charge in [-0.15, -0.1) is 0 Å². The summed E-state index contributed by atoms with van der Waals surface area (Å²) in [5, 5.41) is 10.5. The molecule has 0 aromatic carbocycles. The van der Waals surface area contributed by atoms with Crippen molar-refractivity contribution in [3.63, 3.8) is 0 Å². The minimum Gasteiger partial charge on any atom is -0.495 e. The molecule has 82 valence electrons. The molecule has 1 aromatic rings. The number of hydrogen-bond acceptors (Lipinski definition) is 4. The van der Waals surface area contributed by atoms with Gasteiger partial charge >= 0.3 is 0 Å². The fraction of sp³-hybridized carbons (Fsp3) is 0.545. The lowest BCUT2D eigenvalue weighted by molar-refractivity contribution is -0.0361. The van der Waals surface area contributed by atoms with Crippen LogP contribution in [0.2, 0.25) is 0 Å². The second-order valence-electron chi connectivity index (χ2n) is 3.74. The fourth-order valence-electron chi connectivity index (χ4n) is 1.92. The van der Waals surface area contributed by atoms with Crippen molar-refractivity contribution >= 4 is 0 Å². The zero-order chi connectivity index (χ0) is 10.9. The van der Waals surface area contributed by atoms with Crippen molar-refractivity contribution in [2.24, 2.45) is 0 Å². The second-order valence-corrected chi connectivity index (χ2v) is 3.74. The largest absolute Gasteiger partial charge is 0.495 e. The van der Waals surface area contributed by atoms with Crippen LogP contribution in [0.15, 0.2) is 18.3 Å². The van der Waals surface area contributed by atoms with Crippen LogP contribution in [0, 0.1) is 0 Å². The monoisotopic (exact) mass is 209 g/mol. The van der Waals surface area contributed by atoms with Gasteiger partial charge in [-0.2, -0.15) is 0 Å². The van der Waals surface area contributed by atoms with Gasteiger partial charge in [-0.1, -0.05) is 0 Å². The SMILES string of the molecule is COc1cccnc1C1(O)CCOC1C. The highest BCUT2D eigenvalue weighted by Crippen LogP contribution is 2.38. The van der Waals surface area contributed by atoms with Crippen LogP contribution in [0.3, 0.4) is 0 Å². The predicted molar refractivity (Wildman–Crippen MR) is 54.7 cm³/mol. The smallest absolute Gasteiger partial charge is 0.143 e. The van der Waals surface area contributed by atoms with Crippen LogP contribution in [0.4, 0.5) is 0 Å². The summed E-state index contributed by atoms with van der Waals surface area (Å²) in [6, 6.07) is 3.58. The van der Waals surface area contributed by atoms with E-state index < -0.39 is 5.60 Å². The lowest BCUT2D eigenvalue weighted by Gasteiger charge is -2.26. The third-order valence-electron chi connectivity index (χ3n) is 2.92. The van der Waals surface area contributed by atoms with E-state index in [0.717, 1.165) is 0 Å². The van der Waals surface area contributed by atoms with Gasteiger partial charge in [0.15, 0.2) is 0 Å². The van der Waals surface area contributed by atoms with Crippen LogP contribution in [0.5, 0.6) is 5.75 Å². The van der Waals surface area contributed by atoms with Gasteiger partial charge in [0, 0.05) is 12.6 Å². The van der Waals surface area contributed by atoms with E-state index in [-0.39, 0.29) is 6.10 Å². The highest BCUT2D eigenvalue weighted by Gasteiger charge is 2.44. The van der Waals surface area contributed by atoms with Gasteiger partial charge in [0.05, 0.1) is 19.8 Å². The van der Waals surface area contributed by atoms with E-state index >= 15 is 0 Å². The topological polar surface area (TPSA) is 51.6 Å². The highest BCUT2D eigenvalue weighted by atomic mass is 16.5. The number of methoxy groups -OCH3 is 1. The summed E-state index contributed by atoms with van der Waals surface area (Å²) in [6.07, 6.45) is 1.96. The van der Waals surface area contributed by atoms with Crippen molar-refractivity contribution in [1.29, 1.82) is 0 Å². The van der Waals surface area contributed by atoms with Gasteiger partial charge in [-0.25, -0.2) is 0 Å². The van der Waals surface area contributed by atoms with E-state index in [2.05, 4.69) is 4.98 Å². The molecular weight excluding hydrogens is 194 g/mol. The third kappa shape index (κ3) is 1.60. The van der Waals surface area contributed by atoms with E-state index in [4.69, 9.17) is 9.47 Å². The Morgan fingerprint density at radius 2 is 2.47 bits per heavy atom. The maximum absolute atomic E-state index is 10.5. The van der Waals surface area contributed by atoms with Crippen molar-refractivity contribution in [3.8, 4) is 5.75 Å². The maximum Gasteiger partial charge on any atom is 0.143 e. The number of aromatic nitrogens is 1. The molecule has 0 bridgehead atoms.